The average molecular weight is 453 g/mol. The van der Waals surface area contributed by atoms with Crippen LogP contribution in [0.25, 0.3) is 11.1 Å². The Bertz CT molecular complexity index is 958. The second kappa shape index (κ2) is 11.0. The molecule has 0 saturated carbocycles. The molecule has 2 atom stereocenters. The fourth-order valence-corrected chi connectivity index (χ4v) is 4.41. The van der Waals surface area contributed by atoms with Crippen molar-refractivity contribution in [2.75, 3.05) is 13.2 Å². The smallest absolute Gasteiger partial charge is 0.407 e. The predicted molar refractivity (Wildman–Crippen MR) is 126 cm³/mol. The molecule has 7 nitrogen and oxygen atoms in total. The Hall–Kier alpha value is -3.35. The number of hydrogen-bond donors (Lipinski definition) is 3. The molecule has 1 aliphatic carbocycles. The molecule has 2 aromatic rings. The number of rotatable bonds is 10. The van der Waals surface area contributed by atoms with Gasteiger partial charge in [0, 0.05) is 18.9 Å². The SMILES string of the molecule is CC(C)CC(CNC(=O)OCC1c2ccccc2-c2ccccc21)CC(=O)N[C@@H](C)C(=O)O. The summed E-state index contributed by atoms with van der Waals surface area (Å²) in [4.78, 5) is 35.6. The highest BCUT2D eigenvalue weighted by atomic mass is 16.5. The number of alkyl carbamates (subject to hydrolysis) is 1. The van der Waals surface area contributed by atoms with Crippen LogP contribution in [0.3, 0.4) is 0 Å². The zero-order chi connectivity index (χ0) is 24.0. The minimum Gasteiger partial charge on any atom is -0.480 e. The fraction of sp³-hybridized carbons (Fsp3) is 0.423. The molecule has 0 bridgehead atoms. The van der Waals surface area contributed by atoms with Crippen molar-refractivity contribution in [2.45, 2.75) is 45.6 Å². The lowest BCUT2D eigenvalue weighted by molar-refractivity contribution is -0.141. The molecule has 2 amide bonds. The lowest BCUT2D eigenvalue weighted by atomic mass is 9.93. The normalized spacial score (nSPS) is 14.2. The quantitative estimate of drug-likeness (QED) is 0.502. The van der Waals surface area contributed by atoms with E-state index in [9.17, 15) is 14.4 Å². The van der Waals surface area contributed by atoms with E-state index in [1.54, 1.807) is 0 Å². The molecule has 0 heterocycles. The van der Waals surface area contributed by atoms with Gasteiger partial charge in [0.15, 0.2) is 0 Å². The molecule has 0 aromatic heterocycles. The highest BCUT2D eigenvalue weighted by Gasteiger charge is 2.29. The van der Waals surface area contributed by atoms with Crippen LogP contribution in [0.4, 0.5) is 4.79 Å². The van der Waals surface area contributed by atoms with Gasteiger partial charge < -0.3 is 20.5 Å². The number of carboxylic acid groups (broad SMARTS) is 1. The standard InChI is InChI=1S/C26H32N2O5/c1-16(2)12-18(13-24(29)28-17(3)25(30)31)14-27-26(32)33-15-23-21-10-6-4-8-19(21)20-9-5-7-11-22(20)23/h4-11,16-18,23H,12-15H2,1-3H3,(H,27,32)(H,28,29)(H,30,31)/t17-,18?/m0/s1. The summed E-state index contributed by atoms with van der Waals surface area (Å²) in [6.45, 7) is 6.01. The average Bonchev–Trinajstić information content (AvgIpc) is 3.09. The molecule has 7 heteroatoms. The van der Waals surface area contributed by atoms with Gasteiger partial charge in [-0.05, 0) is 47.4 Å². The number of nitrogens with one attached hydrogen (secondary N) is 2. The van der Waals surface area contributed by atoms with Crippen LogP contribution < -0.4 is 10.6 Å². The van der Waals surface area contributed by atoms with Gasteiger partial charge in [-0.15, -0.1) is 0 Å². The summed E-state index contributed by atoms with van der Waals surface area (Å²) in [5.41, 5.74) is 4.63. The van der Waals surface area contributed by atoms with Crippen molar-refractivity contribution in [3.8, 4) is 11.1 Å². The maximum absolute atomic E-state index is 12.5. The van der Waals surface area contributed by atoms with Crippen LogP contribution in [0.2, 0.25) is 0 Å². The van der Waals surface area contributed by atoms with Gasteiger partial charge in [-0.2, -0.15) is 0 Å². The summed E-state index contributed by atoms with van der Waals surface area (Å²) in [5, 5.41) is 14.2. The molecule has 1 aliphatic rings. The Balaban J connectivity index is 1.55. The molecule has 1 unspecified atom stereocenters. The molecule has 176 valence electrons. The van der Waals surface area contributed by atoms with Crippen LogP contribution in [0.5, 0.6) is 0 Å². The maximum atomic E-state index is 12.5. The van der Waals surface area contributed by atoms with Crippen LogP contribution >= 0.6 is 0 Å². The Labute approximate surface area is 194 Å². The predicted octanol–water partition coefficient (Wildman–Crippen LogP) is 4.17. The summed E-state index contributed by atoms with van der Waals surface area (Å²) < 4.78 is 5.57. The number of fused-ring (bicyclic) bond motifs is 3. The van der Waals surface area contributed by atoms with E-state index in [4.69, 9.17) is 9.84 Å². The number of carbonyl (C=O) groups is 3. The third-order valence-electron chi connectivity index (χ3n) is 5.91. The lowest BCUT2D eigenvalue weighted by Gasteiger charge is -2.20. The van der Waals surface area contributed by atoms with E-state index in [0.29, 0.717) is 5.92 Å². The number of carboxylic acids is 1. The van der Waals surface area contributed by atoms with Gasteiger partial charge in [0.25, 0.3) is 0 Å². The van der Waals surface area contributed by atoms with Gasteiger partial charge in [0.2, 0.25) is 5.91 Å². The second-order valence-corrected chi connectivity index (χ2v) is 9.03. The van der Waals surface area contributed by atoms with Crippen molar-refractivity contribution < 1.29 is 24.2 Å². The molecular formula is C26H32N2O5. The van der Waals surface area contributed by atoms with Crippen LogP contribution in [-0.4, -0.2) is 42.3 Å². The highest BCUT2D eigenvalue weighted by molar-refractivity contribution is 5.83. The highest BCUT2D eigenvalue weighted by Crippen LogP contribution is 2.44. The summed E-state index contributed by atoms with van der Waals surface area (Å²) in [6, 6.07) is 15.3. The van der Waals surface area contributed by atoms with E-state index >= 15 is 0 Å². The van der Waals surface area contributed by atoms with Gasteiger partial charge >= 0.3 is 12.1 Å². The fourth-order valence-electron chi connectivity index (χ4n) is 4.41. The van der Waals surface area contributed by atoms with Crippen molar-refractivity contribution in [1.29, 1.82) is 0 Å². The molecule has 0 aliphatic heterocycles. The topological polar surface area (TPSA) is 105 Å². The number of amides is 2. The van der Waals surface area contributed by atoms with Crippen molar-refractivity contribution in [1.82, 2.24) is 10.6 Å². The Kier molecular flexibility index (Phi) is 8.09. The van der Waals surface area contributed by atoms with Crippen molar-refractivity contribution in [2.24, 2.45) is 11.8 Å². The second-order valence-electron chi connectivity index (χ2n) is 9.03. The summed E-state index contributed by atoms with van der Waals surface area (Å²) in [6.07, 6.45) is 0.336. The van der Waals surface area contributed by atoms with Gasteiger partial charge in [-0.25, -0.2) is 4.79 Å². The molecule has 0 fully saturated rings. The van der Waals surface area contributed by atoms with Gasteiger partial charge in [0.1, 0.15) is 12.6 Å². The number of ether oxygens (including phenoxy) is 1. The zero-order valence-electron chi connectivity index (χ0n) is 19.3. The molecule has 0 saturated heterocycles. The molecule has 3 rings (SSSR count). The molecule has 33 heavy (non-hydrogen) atoms. The van der Waals surface area contributed by atoms with Gasteiger partial charge in [0.05, 0.1) is 0 Å². The number of hydrogen-bond acceptors (Lipinski definition) is 4. The summed E-state index contributed by atoms with van der Waals surface area (Å²) in [7, 11) is 0. The third kappa shape index (κ3) is 6.34. The van der Waals surface area contributed by atoms with E-state index in [1.807, 2.05) is 38.1 Å². The first kappa shape index (κ1) is 24.3. The summed E-state index contributed by atoms with van der Waals surface area (Å²) >= 11 is 0. The van der Waals surface area contributed by atoms with Crippen molar-refractivity contribution in [3.63, 3.8) is 0 Å². The lowest BCUT2D eigenvalue weighted by Crippen LogP contribution is -2.40. The molecule has 3 N–H and O–H groups in total. The van der Waals surface area contributed by atoms with Crippen LogP contribution in [-0.2, 0) is 14.3 Å². The number of benzene rings is 2. The van der Waals surface area contributed by atoms with Gasteiger partial charge in [-0.3, -0.25) is 9.59 Å². The van der Waals surface area contributed by atoms with E-state index in [0.717, 1.165) is 17.5 Å². The molecule has 2 aromatic carbocycles. The van der Waals surface area contributed by atoms with Crippen LogP contribution in [0.1, 0.15) is 50.7 Å². The van der Waals surface area contributed by atoms with Crippen LogP contribution in [0.15, 0.2) is 48.5 Å². The first-order valence-corrected chi connectivity index (χ1v) is 11.4. The summed E-state index contributed by atoms with van der Waals surface area (Å²) in [5.74, 6) is -1.24. The monoisotopic (exact) mass is 452 g/mol. The van der Waals surface area contributed by atoms with E-state index < -0.39 is 18.1 Å². The van der Waals surface area contributed by atoms with E-state index in [1.165, 1.54) is 18.1 Å². The van der Waals surface area contributed by atoms with Crippen molar-refractivity contribution in [3.05, 3.63) is 59.7 Å². The molecule has 0 spiro atoms. The number of carbonyl (C=O) groups excluding carboxylic acids is 2. The first-order chi connectivity index (χ1) is 15.8. The van der Waals surface area contributed by atoms with Crippen LogP contribution in [0, 0.1) is 11.8 Å². The van der Waals surface area contributed by atoms with Gasteiger partial charge in [-0.1, -0.05) is 62.4 Å². The van der Waals surface area contributed by atoms with Crippen molar-refractivity contribution >= 4 is 18.0 Å². The van der Waals surface area contributed by atoms with E-state index in [-0.39, 0.29) is 37.3 Å². The third-order valence-corrected chi connectivity index (χ3v) is 5.91. The minimum atomic E-state index is -1.08. The largest absolute Gasteiger partial charge is 0.480 e. The Morgan fingerprint density at radius 2 is 1.55 bits per heavy atom. The Morgan fingerprint density at radius 1 is 0.970 bits per heavy atom. The molecule has 0 radical (unpaired) electrons. The van der Waals surface area contributed by atoms with E-state index in [2.05, 4.69) is 34.9 Å². The minimum absolute atomic E-state index is 0.0158. The Morgan fingerprint density at radius 3 is 2.09 bits per heavy atom. The first-order valence-electron chi connectivity index (χ1n) is 11.4. The maximum Gasteiger partial charge on any atom is 0.407 e. The zero-order valence-corrected chi connectivity index (χ0v) is 19.3. The number of aliphatic carboxylic acids is 1. The molecular weight excluding hydrogens is 420 g/mol.